The first kappa shape index (κ1) is 10.1. The summed E-state index contributed by atoms with van der Waals surface area (Å²) in [7, 11) is 1.41. The van der Waals surface area contributed by atoms with Gasteiger partial charge < -0.3 is 9.64 Å². The summed E-state index contributed by atoms with van der Waals surface area (Å²) in [4.78, 5) is 7.68. The number of hydrogen-bond donors (Lipinski definition) is 1. The van der Waals surface area contributed by atoms with Gasteiger partial charge in [0.15, 0.2) is 0 Å². The number of hydrogen-bond acceptors (Lipinski definition) is 5. The Morgan fingerprint density at radius 3 is 2.71 bits per heavy atom. The molecular formula is C9H12N2OS2. The number of thiol groups is 1. The van der Waals surface area contributed by atoms with Crippen molar-refractivity contribution in [3.05, 3.63) is 18.3 Å². The molecule has 2 heterocycles. The van der Waals surface area contributed by atoms with Crippen LogP contribution in [0.25, 0.3) is 0 Å². The molecule has 0 radical (unpaired) electrons. The predicted molar refractivity (Wildman–Crippen MR) is 62.1 cm³/mol. The third-order valence-electron chi connectivity index (χ3n) is 2.16. The molecular weight excluding hydrogens is 216 g/mol. The maximum Gasteiger partial charge on any atom is 0.128 e. The molecule has 0 bridgehead atoms. The lowest BCUT2D eigenvalue weighted by Gasteiger charge is -2.27. The summed E-state index contributed by atoms with van der Waals surface area (Å²) in [6.07, 6.45) is 1.85. The van der Waals surface area contributed by atoms with Gasteiger partial charge >= 0.3 is 0 Å². The highest BCUT2D eigenvalue weighted by atomic mass is 33.1. The van der Waals surface area contributed by atoms with E-state index in [9.17, 15) is 0 Å². The maximum absolute atomic E-state index is 5.28. The van der Waals surface area contributed by atoms with Crippen molar-refractivity contribution in [3.63, 3.8) is 0 Å². The summed E-state index contributed by atoms with van der Waals surface area (Å²) in [5.41, 5.74) is 0. The van der Waals surface area contributed by atoms with Crippen molar-refractivity contribution < 1.29 is 4.74 Å². The number of ether oxygens (including phenoxy) is 1. The first-order valence-electron chi connectivity index (χ1n) is 4.50. The Kier molecular flexibility index (Phi) is 3.55. The van der Waals surface area contributed by atoms with E-state index in [1.807, 2.05) is 18.3 Å². The Morgan fingerprint density at radius 1 is 1.36 bits per heavy atom. The largest absolute Gasteiger partial charge is 0.378 e. The van der Waals surface area contributed by atoms with Crippen LogP contribution in [0.4, 0.5) is 5.82 Å². The van der Waals surface area contributed by atoms with Gasteiger partial charge in [-0.1, -0.05) is 10.8 Å². The monoisotopic (exact) mass is 228 g/mol. The Labute approximate surface area is 92.7 Å². The zero-order valence-corrected chi connectivity index (χ0v) is 9.43. The van der Waals surface area contributed by atoms with Gasteiger partial charge in [0.2, 0.25) is 0 Å². The van der Waals surface area contributed by atoms with Gasteiger partial charge in [0.05, 0.1) is 13.2 Å². The van der Waals surface area contributed by atoms with Crippen LogP contribution in [0.3, 0.4) is 0 Å². The minimum absolute atomic E-state index is 0.796. The van der Waals surface area contributed by atoms with Crippen LogP contribution in [0.15, 0.2) is 23.2 Å². The molecule has 1 aromatic heterocycles. The van der Waals surface area contributed by atoms with Crippen molar-refractivity contribution in [2.24, 2.45) is 0 Å². The lowest BCUT2D eigenvalue weighted by Crippen LogP contribution is -2.36. The van der Waals surface area contributed by atoms with E-state index in [4.69, 9.17) is 4.74 Å². The van der Waals surface area contributed by atoms with Gasteiger partial charge in [0, 0.05) is 24.2 Å². The third-order valence-corrected chi connectivity index (χ3v) is 3.25. The number of aromatic nitrogens is 1. The lowest BCUT2D eigenvalue weighted by atomic mass is 10.4. The van der Waals surface area contributed by atoms with Gasteiger partial charge in [0.1, 0.15) is 5.82 Å². The van der Waals surface area contributed by atoms with E-state index in [0.29, 0.717) is 0 Å². The van der Waals surface area contributed by atoms with Crippen LogP contribution in [0, 0.1) is 0 Å². The molecule has 0 aromatic carbocycles. The number of anilines is 1. The number of morpholine rings is 1. The highest BCUT2D eigenvalue weighted by molar-refractivity contribution is 8.68. The predicted octanol–water partition coefficient (Wildman–Crippen LogP) is 1.86. The van der Waals surface area contributed by atoms with E-state index >= 15 is 0 Å². The summed E-state index contributed by atoms with van der Waals surface area (Å²) in [5.74, 6) is 1.03. The van der Waals surface area contributed by atoms with Crippen molar-refractivity contribution in [3.8, 4) is 0 Å². The number of rotatable bonds is 2. The molecule has 1 saturated heterocycles. The van der Waals surface area contributed by atoms with E-state index in [2.05, 4.69) is 21.5 Å². The van der Waals surface area contributed by atoms with Crippen molar-refractivity contribution >= 4 is 28.3 Å². The van der Waals surface area contributed by atoms with Crippen molar-refractivity contribution in [1.29, 1.82) is 0 Å². The molecule has 0 saturated carbocycles. The Balaban J connectivity index is 2.07. The fourth-order valence-electron chi connectivity index (χ4n) is 1.41. The van der Waals surface area contributed by atoms with Crippen molar-refractivity contribution in [2.75, 3.05) is 31.2 Å². The summed E-state index contributed by atoms with van der Waals surface area (Å²) in [6.45, 7) is 3.45. The zero-order chi connectivity index (χ0) is 9.80. The Morgan fingerprint density at radius 2 is 2.14 bits per heavy atom. The normalized spacial score (nSPS) is 17.1. The standard InChI is InChI=1S/C9H12N2OS2/c13-14-8-1-2-9(10-7-8)11-3-5-12-6-4-11/h1-2,7,13H,3-6H2. The molecule has 14 heavy (non-hydrogen) atoms. The van der Waals surface area contributed by atoms with Crippen molar-refractivity contribution in [2.45, 2.75) is 4.90 Å². The molecule has 0 aliphatic carbocycles. The quantitative estimate of drug-likeness (QED) is 0.617. The smallest absolute Gasteiger partial charge is 0.128 e. The van der Waals surface area contributed by atoms with Gasteiger partial charge in [-0.05, 0) is 12.1 Å². The van der Waals surface area contributed by atoms with Crippen LogP contribution >= 0.6 is 22.5 Å². The van der Waals surface area contributed by atoms with Gasteiger partial charge in [-0.15, -0.1) is 11.7 Å². The first-order chi connectivity index (χ1) is 6.90. The van der Waals surface area contributed by atoms with Crippen molar-refractivity contribution in [1.82, 2.24) is 4.98 Å². The molecule has 0 unspecified atom stereocenters. The molecule has 3 nitrogen and oxygen atoms in total. The third kappa shape index (κ3) is 2.34. The molecule has 1 aliphatic rings. The molecule has 76 valence electrons. The highest BCUT2D eigenvalue weighted by Gasteiger charge is 2.11. The topological polar surface area (TPSA) is 25.4 Å². The molecule has 1 aliphatic heterocycles. The summed E-state index contributed by atoms with van der Waals surface area (Å²) < 4.78 is 5.28. The van der Waals surface area contributed by atoms with E-state index < -0.39 is 0 Å². The maximum atomic E-state index is 5.28. The van der Waals surface area contributed by atoms with Crippen LogP contribution < -0.4 is 4.90 Å². The average molecular weight is 228 g/mol. The second-order valence-corrected chi connectivity index (χ2v) is 4.24. The fourth-order valence-corrected chi connectivity index (χ4v) is 1.96. The summed E-state index contributed by atoms with van der Waals surface area (Å²) in [5, 5.41) is 0. The Hall–Kier alpha value is -0.390. The van der Waals surface area contributed by atoms with Crippen LogP contribution in [-0.2, 0) is 4.74 Å². The summed E-state index contributed by atoms with van der Waals surface area (Å²) >= 11 is 4.11. The SMILES string of the molecule is SSc1ccc(N2CCOCC2)nc1. The highest BCUT2D eigenvalue weighted by Crippen LogP contribution is 2.22. The van der Waals surface area contributed by atoms with Gasteiger partial charge in [-0.25, -0.2) is 4.98 Å². The van der Waals surface area contributed by atoms with Crippen LogP contribution in [0.5, 0.6) is 0 Å². The second-order valence-electron chi connectivity index (χ2n) is 3.04. The lowest BCUT2D eigenvalue weighted by molar-refractivity contribution is 0.122. The molecule has 0 amide bonds. The van der Waals surface area contributed by atoms with E-state index in [1.165, 1.54) is 10.8 Å². The molecule has 1 fully saturated rings. The number of pyridine rings is 1. The average Bonchev–Trinajstić information content (AvgIpc) is 2.30. The molecule has 2 rings (SSSR count). The van der Waals surface area contributed by atoms with Crippen LogP contribution in [0.2, 0.25) is 0 Å². The fraction of sp³-hybridized carbons (Fsp3) is 0.444. The molecule has 0 atom stereocenters. The molecule has 0 N–H and O–H groups in total. The number of nitrogens with zero attached hydrogens (tertiary/aromatic N) is 2. The Bertz CT molecular complexity index is 285. The molecule has 1 aromatic rings. The second kappa shape index (κ2) is 4.91. The zero-order valence-electron chi connectivity index (χ0n) is 7.72. The van der Waals surface area contributed by atoms with Gasteiger partial charge in [-0.2, -0.15) is 0 Å². The molecule has 5 heteroatoms. The first-order valence-corrected chi connectivity index (χ1v) is 6.37. The minimum Gasteiger partial charge on any atom is -0.378 e. The van der Waals surface area contributed by atoms with E-state index in [0.717, 1.165) is 37.0 Å². The van der Waals surface area contributed by atoms with E-state index in [1.54, 1.807) is 0 Å². The van der Waals surface area contributed by atoms with Crippen LogP contribution in [-0.4, -0.2) is 31.3 Å². The molecule has 0 spiro atoms. The van der Waals surface area contributed by atoms with Gasteiger partial charge in [-0.3, -0.25) is 0 Å². The minimum atomic E-state index is 0.796. The summed E-state index contributed by atoms with van der Waals surface area (Å²) in [6, 6.07) is 4.07. The van der Waals surface area contributed by atoms with E-state index in [-0.39, 0.29) is 0 Å². The van der Waals surface area contributed by atoms with Crippen LogP contribution in [0.1, 0.15) is 0 Å². The van der Waals surface area contributed by atoms with Gasteiger partial charge in [0.25, 0.3) is 0 Å².